The lowest BCUT2D eigenvalue weighted by molar-refractivity contribution is -0.157. The van der Waals surface area contributed by atoms with Gasteiger partial charge < -0.3 is 9.47 Å². The van der Waals surface area contributed by atoms with Crippen LogP contribution in [-0.4, -0.2) is 36.1 Å². The molecule has 2 bridgehead atoms. The molecule has 0 spiro atoms. The lowest BCUT2D eigenvalue weighted by Gasteiger charge is -2.39. The van der Waals surface area contributed by atoms with E-state index in [1.807, 2.05) is 55.5 Å². The minimum atomic E-state index is -0.874. The van der Waals surface area contributed by atoms with Crippen LogP contribution in [0, 0.1) is 0 Å². The SMILES string of the molecule is CN1C2C=CC1CC(OC(=O)C1(C)c3ccccc3Oc3ccccc31)C2. The summed E-state index contributed by atoms with van der Waals surface area (Å²) in [6, 6.07) is 16.2. The number of carbonyl (C=O) groups excluding carboxylic acids is 1. The molecular weight excluding hydrogens is 338 g/mol. The van der Waals surface area contributed by atoms with E-state index in [9.17, 15) is 4.79 Å². The van der Waals surface area contributed by atoms with Crippen LogP contribution in [0.4, 0.5) is 0 Å². The topological polar surface area (TPSA) is 38.8 Å². The number of hydrogen-bond donors (Lipinski definition) is 0. The first-order valence-electron chi connectivity index (χ1n) is 9.55. The lowest BCUT2D eigenvalue weighted by Crippen LogP contribution is -2.46. The molecule has 3 aliphatic rings. The van der Waals surface area contributed by atoms with E-state index in [-0.39, 0.29) is 12.1 Å². The summed E-state index contributed by atoms with van der Waals surface area (Å²) in [6.45, 7) is 1.96. The van der Waals surface area contributed by atoms with Crippen molar-refractivity contribution in [3.63, 3.8) is 0 Å². The van der Waals surface area contributed by atoms with E-state index in [0.717, 1.165) is 35.5 Å². The van der Waals surface area contributed by atoms with Crippen LogP contribution in [0.1, 0.15) is 30.9 Å². The predicted octanol–water partition coefficient (Wildman–Crippen LogP) is 4.04. The third-order valence-electron chi connectivity index (χ3n) is 6.36. The number of fused-ring (bicyclic) bond motifs is 4. The van der Waals surface area contributed by atoms with E-state index in [2.05, 4.69) is 24.1 Å². The highest BCUT2D eigenvalue weighted by Crippen LogP contribution is 2.48. The second-order valence-corrected chi connectivity index (χ2v) is 7.90. The van der Waals surface area contributed by atoms with Crippen LogP contribution in [0.25, 0.3) is 0 Å². The van der Waals surface area contributed by atoms with Gasteiger partial charge in [0, 0.05) is 36.1 Å². The molecule has 3 heterocycles. The van der Waals surface area contributed by atoms with Gasteiger partial charge in [-0.05, 0) is 26.1 Å². The third-order valence-corrected chi connectivity index (χ3v) is 6.36. The van der Waals surface area contributed by atoms with Crippen molar-refractivity contribution in [2.75, 3.05) is 7.05 Å². The minimum absolute atomic E-state index is 0.0577. The maximum Gasteiger partial charge on any atom is 0.321 e. The van der Waals surface area contributed by atoms with Gasteiger partial charge >= 0.3 is 5.97 Å². The Morgan fingerprint density at radius 1 is 1.00 bits per heavy atom. The fourth-order valence-corrected chi connectivity index (χ4v) is 4.68. The number of benzene rings is 2. The molecule has 5 rings (SSSR count). The van der Waals surface area contributed by atoms with Crippen molar-refractivity contribution in [1.82, 2.24) is 4.90 Å². The molecule has 27 heavy (non-hydrogen) atoms. The average molecular weight is 361 g/mol. The van der Waals surface area contributed by atoms with Crippen molar-refractivity contribution in [3.05, 3.63) is 71.8 Å². The standard InChI is InChI=1S/C23H23NO3/c1-23(22(25)26-17-13-15-11-12-16(14-17)24(15)2)18-7-3-5-9-20(18)27-21-10-6-4-8-19(21)23/h3-12,15-17H,13-14H2,1-2H3. The maximum absolute atomic E-state index is 13.5. The molecule has 138 valence electrons. The number of piperidine rings is 1. The Morgan fingerprint density at radius 2 is 1.52 bits per heavy atom. The van der Waals surface area contributed by atoms with Gasteiger partial charge in [-0.1, -0.05) is 48.6 Å². The molecule has 0 N–H and O–H groups in total. The monoisotopic (exact) mass is 361 g/mol. The number of carbonyl (C=O) groups is 1. The fourth-order valence-electron chi connectivity index (χ4n) is 4.68. The molecule has 0 radical (unpaired) electrons. The lowest BCUT2D eigenvalue weighted by atomic mass is 9.74. The second-order valence-electron chi connectivity index (χ2n) is 7.90. The van der Waals surface area contributed by atoms with E-state index in [1.165, 1.54) is 0 Å². The summed E-state index contributed by atoms with van der Waals surface area (Å²) in [7, 11) is 2.14. The molecule has 0 aliphatic carbocycles. The Labute approximate surface area is 159 Å². The molecule has 2 atom stereocenters. The molecule has 1 saturated heterocycles. The Bertz CT molecular complexity index is 873. The van der Waals surface area contributed by atoms with Crippen molar-refractivity contribution in [3.8, 4) is 11.5 Å². The van der Waals surface area contributed by atoms with Crippen LogP contribution in [0.3, 0.4) is 0 Å². The minimum Gasteiger partial charge on any atom is -0.461 e. The van der Waals surface area contributed by atoms with Gasteiger partial charge in [0.15, 0.2) is 0 Å². The number of esters is 1. The van der Waals surface area contributed by atoms with E-state index >= 15 is 0 Å². The van der Waals surface area contributed by atoms with Crippen molar-refractivity contribution in [2.45, 2.75) is 43.4 Å². The number of para-hydroxylation sites is 2. The molecule has 0 saturated carbocycles. The highest BCUT2D eigenvalue weighted by atomic mass is 16.5. The van der Waals surface area contributed by atoms with Gasteiger partial charge in [-0.3, -0.25) is 9.69 Å². The van der Waals surface area contributed by atoms with Crippen LogP contribution in [0.5, 0.6) is 11.5 Å². The van der Waals surface area contributed by atoms with Crippen molar-refractivity contribution < 1.29 is 14.3 Å². The summed E-state index contributed by atoms with van der Waals surface area (Å²) in [5.41, 5.74) is 0.854. The number of likely N-dealkylation sites (N-methyl/N-ethyl adjacent to an activating group) is 1. The number of hydrogen-bond acceptors (Lipinski definition) is 4. The van der Waals surface area contributed by atoms with Gasteiger partial charge in [0.2, 0.25) is 0 Å². The van der Waals surface area contributed by atoms with Crippen molar-refractivity contribution in [1.29, 1.82) is 0 Å². The van der Waals surface area contributed by atoms with E-state index < -0.39 is 5.41 Å². The largest absolute Gasteiger partial charge is 0.461 e. The van der Waals surface area contributed by atoms with E-state index in [4.69, 9.17) is 9.47 Å². The van der Waals surface area contributed by atoms with Crippen LogP contribution < -0.4 is 4.74 Å². The first kappa shape index (κ1) is 16.6. The first-order valence-corrected chi connectivity index (χ1v) is 9.55. The van der Waals surface area contributed by atoms with Gasteiger partial charge in [-0.15, -0.1) is 0 Å². The van der Waals surface area contributed by atoms with Gasteiger partial charge in [0.05, 0.1) is 0 Å². The van der Waals surface area contributed by atoms with Gasteiger partial charge in [-0.25, -0.2) is 0 Å². The Morgan fingerprint density at radius 3 is 2.07 bits per heavy atom. The average Bonchev–Trinajstić information content (AvgIpc) is 2.89. The molecule has 2 unspecified atom stereocenters. The van der Waals surface area contributed by atoms with Crippen LogP contribution in [0.2, 0.25) is 0 Å². The maximum atomic E-state index is 13.5. The van der Waals surface area contributed by atoms with E-state index in [0.29, 0.717) is 12.1 Å². The molecule has 4 nitrogen and oxygen atoms in total. The third kappa shape index (κ3) is 2.43. The van der Waals surface area contributed by atoms with Gasteiger partial charge in [0.1, 0.15) is 23.0 Å². The second kappa shape index (κ2) is 5.96. The Hall–Kier alpha value is -2.59. The molecule has 2 aromatic rings. The zero-order valence-corrected chi connectivity index (χ0v) is 15.6. The summed E-state index contributed by atoms with van der Waals surface area (Å²) in [5, 5.41) is 0. The Balaban J connectivity index is 1.49. The van der Waals surface area contributed by atoms with Gasteiger partial charge in [-0.2, -0.15) is 0 Å². The number of nitrogens with zero attached hydrogens (tertiary/aromatic N) is 1. The smallest absolute Gasteiger partial charge is 0.321 e. The molecule has 0 aromatic heterocycles. The number of ether oxygens (including phenoxy) is 2. The van der Waals surface area contributed by atoms with Gasteiger partial charge in [0.25, 0.3) is 0 Å². The molecule has 4 heteroatoms. The van der Waals surface area contributed by atoms with Crippen LogP contribution in [0.15, 0.2) is 60.7 Å². The summed E-state index contributed by atoms with van der Waals surface area (Å²) >= 11 is 0. The summed E-state index contributed by atoms with van der Waals surface area (Å²) in [5.74, 6) is 1.25. The zero-order valence-electron chi connectivity index (χ0n) is 15.6. The normalized spacial score (nSPS) is 27.4. The highest BCUT2D eigenvalue weighted by Gasteiger charge is 2.47. The molecule has 2 aromatic carbocycles. The quantitative estimate of drug-likeness (QED) is 0.598. The molecule has 3 aliphatic heterocycles. The molecular formula is C23H23NO3. The fraction of sp³-hybridized carbons (Fsp3) is 0.348. The predicted molar refractivity (Wildman–Crippen MR) is 103 cm³/mol. The molecule has 1 fully saturated rings. The zero-order chi connectivity index (χ0) is 18.6. The first-order chi connectivity index (χ1) is 13.1. The highest BCUT2D eigenvalue weighted by molar-refractivity contribution is 5.90. The van der Waals surface area contributed by atoms with Crippen molar-refractivity contribution >= 4 is 5.97 Å². The van der Waals surface area contributed by atoms with Crippen LogP contribution in [-0.2, 0) is 14.9 Å². The van der Waals surface area contributed by atoms with E-state index in [1.54, 1.807) is 0 Å². The summed E-state index contributed by atoms with van der Waals surface area (Å²) < 4.78 is 12.2. The number of rotatable bonds is 2. The summed E-state index contributed by atoms with van der Waals surface area (Å²) in [6.07, 6.45) is 6.12. The summed E-state index contributed by atoms with van der Waals surface area (Å²) in [4.78, 5) is 15.9. The van der Waals surface area contributed by atoms with Crippen molar-refractivity contribution in [2.24, 2.45) is 0 Å². The molecule has 0 amide bonds. The Kier molecular flexibility index (Phi) is 3.66. The van der Waals surface area contributed by atoms with Crippen LogP contribution >= 0.6 is 0 Å².